The second kappa shape index (κ2) is 9.58. The van der Waals surface area contributed by atoms with Crippen LogP contribution < -0.4 is 10.2 Å². The maximum atomic E-state index is 14.5. The number of nitrogens with zero attached hydrogens (tertiary/aromatic N) is 2. The van der Waals surface area contributed by atoms with Crippen LogP contribution in [0.3, 0.4) is 0 Å². The number of ether oxygens (including phenoxy) is 1. The van der Waals surface area contributed by atoms with Crippen LogP contribution in [0.5, 0.6) is 0 Å². The lowest BCUT2D eigenvalue weighted by Crippen LogP contribution is -2.47. The van der Waals surface area contributed by atoms with Crippen molar-refractivity contribution in [3.05, 3.63) is 53.3 Å². The molecular weight excluding hydrogens is 405 g/mol. The van der Waals surface area contributed by atoms with Gasteiger partial charge in [0.25, 0.3) is 0 Å². The molecule has 4 rings (SSSR count). The molecule has 2 heterocycles. The van der Waals surface area contributed by atoms with Gasteiger partial charge in [-0.3, -0.25) is 0 Å². The van der Waals surface area contributed by atoms with E-state index in [2.05, 4.69) is 42.3 Å². The van der Waals surface area contributed by atoms with Gasteiger partial charge in [-0.05, 0) is 60.6 Å². The maximum Gasteiger partial charge on any atom is 0.141 e. The second-order valence-corrected chi connectivity index (χ2v) is 9.30. The van der Waals surface area contributed by atoms with Crippen molar-refractivity contribution in [2.24, 2.45) is 5.92 Å². The second-order valence-electron chi connectivity index (χ2n) is 9.30. The first-order chi connectivity index (χ1) is 15.4. The molecule has 2 N–H and O–H groups in total. The highest BCUT2D eigenvalue weighted by Crippen LogP contribution is 2.37. The number of nitriles is 1. The highest BCUT2D eigenvalue weighted by atomic mass is 19.1. The minimum atomic E-state index is -0.636. The smallest absolute Gasteiger partial charge is 0.141 e. The molecule has 0 aliphatic carbocycles. The fraction of sp³-hybridized carbons (Fsp3) is 0.500. The van der Waals surface area contributed by atoms with E-state index in [0.29, 0.717) is 19.4 Å². The largest absolute Gasteiger partial charge is 0.389 e. The van der Waals surface area contributed by atoms with E-state index in [1.807, 2.05) is 12.1 Å². The summed E-state index contributed by atoms with van der Waals surface area (Å²) in [4.78, 5) is 2.28. The predicted octanol–water partition coefficient (Wildman–Crippen LogP) is 3.88. The Morgan fingerprint density at radius 2 is 2.03 bits per heavy atom. The van der Waals surface area contributed by atoms with Crippen LogP contribution in [0, 0.1) is 23.1 Å². The summed E-state index contributed by atoms with van der Waals surface area (Å²) in [6, 6.07) is 13.1. The van der Waals surface area contributed by atoms with E-state index >= 15 is 0 Å². The van der Waals surface area contributed by atoms with E-state index in [4.69, 9.17) is 10.00 Å². The number of hydrogen-bond donors (Lipinski definition) is 2. The van der Waals surface area contributed by atoms with Gasteiger partial charge in [0.2, 0.25) is 0 Å². The van der Waals surface area contributed by atoms with Gasteiger partial charge in [-0.1, -0.05) is 26.0 Å². The van der Waals surface area contributed by atoms with Crippen molar-refractivity contribution in [2.45, 2.75) is 44.8 Å². The van der Waals surface area contributed by atoms with E-state index in [0.717, 1.165) is 55.0 Å². The van der Waals surface area contributed by atoms with Gasteiger partial charge >= 0.3 is 0 Å². The van der Waals surface area contributed by atoms with Crippen LogP contribution in [0.1, 0.15) is 37.8 Å². The van der Waals surface area contributed by atoms with Crippen LogP contribution in [0.2, 0.25) is 0 Å². The standard InChI is InChI=1S/C26H32FN3O2/c1-18(2)26(31)7-10-30(11-8-26)25-6-3-19(13-22-17-29-9-12-32-22)14-23(25)20-4-5-21(16-28)24(27)15-20/h3-6,14-15,18,22,29,31H,7-13,17H2,1-2H3. The van der Waals surface area contributed by atoms with Gasteiger partial charge in [0, 0.05) is 37.4 Å². The van der Waals surface area contributed by atoms with Crippen LogP contribution in [0.4, 0.5) is 10.1 Å². The SMILES string of the molecule is CC(C)C1(O)CCN(c2ccc(CC3CNCCO3)cc2-c2ccc(C#N)c(F)c2)CC1. The summed E-state index contributed by atoms with van der Waals surface area (Å²) in [7, 11) is 0. The van der Waals surface area contributed by atoms with Gasteiger partial charge < -0.3 is 20.1 Å². The molecule has 0 amide bonds. The van der Waals surface area contributed by atoms with Crippen molar-refractivity contribution in [3.8, 4) is 17.2 Å². The zero-order valence-electron chi connectivity index (χ0n) is 18.9. The fourth-order valence-electron chi connectivity index (χ4n) is 4.72. The van der Waals surface area contributed by atoms with Gasteiger partial charge in [0.1, 0.15) is 11.9 Å². The summed E-state index contributed by atoms with van der Waals surface area (Å²) >= 11 is 0. The molecule has 5 nitrogen and oxygen atoms in total. The van der Waals surface area contributed by atoms with Crippen LogP contribution in [0.25, 0.3) is 11.1 Å². The number of morpholine rings is 1. The van der Waals surface area contributed by atoms with Gasteiger partial charge in [-0.25, -0.2) is 4.39 Å². The Bertz CT molecular complexity index is 987. The molecule has 1 unspecified atom stereocenters. The van der Waals surface area contributed by atoms with Crippen LogP contribution in [-0.4, -0.2) is 49.6 Å². The van der Waals surface area contributed by atoms with Crippen molar-refractivity contribution < 1.29 is 14.2 Å². The summed E-state index contributed by atoms with van der Waals surface area (Å²) in [5.74, 6) is -0.294. The molecule has 1 atom stereocenters. The number of piperidine rings is 1. The Hall–Kier alpha value is -2.46. The molecule has 6 heteroatoms. The van der Waals surface area contributed by atoms with E-state index < -0.39 is 11.4 Å². The number of benzene rings is 2. The minimum Gasteiger partial charge on any atom is -0.389 e. The average molecular weight is 438 g/mol. The Labute approximate surface area is 189 Å². The number of hydrogen-bond acceptors (Lipinski definition) is 5. The summed E-state index contributed by atoms with van der Waals surface area (Å²) in [6.07, 6.45) is 2.31. The van der Waals surface area contributed by atoms with Gasteiger partial charge in [0.05, 0.1) is 23.9 Å². The molecule has 0 radical (unpaired) electrons. The van der Waals surface area contributed by atoms with Crippen molar-refractivity contribution in [3.63, 3.8) is 0 Å². The first-order valence-electron chi connectivity index (χ1n) is 11.5. The summed E-state index contributed by atoms with van der Waals surface area (Å²) in [5.41, 5.74) is 3.29. The fourth-order valence-corrected chi connectivity index (χ4v) is 4.72. The molecular formula is C26H32FN3O2. The Balaban J connectivity index is 1.66. The van der Waals surface area contributed by atoms with E-state index in [1.54, 1.807) is 6.07 Å². The molecule has 2 saturated heterocycles. The van der Waals surface area contributed by atoms with Crippen LogP contribution in [-0.2, 0) is 11.2 Å². The number of nitrogens with one attached hydrogen (secondary N) is 1. The van der Waals surface area contributed by atoms with Crippen molar-refractivity contribution in [2.75, 3.05) is 37.7 Å². The summed E-state index contributed by atoms with van der Waals surface area (Å²) in [5, 5.41) is 23.4. The third-order valence-corrected chi connectivity index (χ3v) is 6.97. The molecule has 0 bridgehead atoms. The molecule has 0 saturated carbocycles. The summed E-state index contributed by atoms with van der Waals surface area (Å²) in [6.45, 7) is 8.04. The van der Waals surface area contributed by atoms with E-state index in [-0.39, 0.29) is 17.6 Å². The average Bonchev–Trinajstić information content (AvgIpc) is 2.80. The Morgan fingerprint density at radius 3 is 2.66 bits per heavy atom. The molecule has 32 heavy (non-hydrogen) atoms. The number of rotatable bonds is 5. The van der Waals surface area contributed by atoms with Gasteiger partial charge in [-0.15, -0.1) is 0 Å². The lowest BCUT2D eigenvalue weighted by atomic mass is 9.81. The molecule has 2 fully saturated rings. The van der Waals surface area contributed by atoms with E-state index in [1.165, 1.54) is 6.07 Å². The van der Waals surface area contributed by atoms with E-state index in [9.17, 15) is 9.50 Å². The quantitative estimate of drug-likeness (QED) is 0.743. The van der Waals surface area contributed by atoms with Crippen molar-refractivity contribution >= 4 is 5.69 Å². The highest BCUT2D eigenvalue weighted by molar-refractivity contribution is 5.80. The van der Waals surface area contributed by atoms with Crippen molar-refractivity contribution in [1.29, 1.82) is 5.26 Å². The van der Waals surface area contributed by atoms with Crippen molar-refractivity contribution in [1.82, 2.24) is 5.32 Å². The lowest BCUT2D eigenvalue weighted by molar-refractivity contribution is -0.0261. The predicted molar refractivity (Wildman–Crippen MR) is 124 cm³/mol. The Morgan fingerprint density at radius 1 is 1.25 bits per heavy atom. The van der Waals surface area contributed by atoms with Gasteiger partial charge in [0.15, 0.2) is 0 Å². The highest BCUT2D eigenvalue weighted by Gasteiger charge is 2.35. The Kier molecular flexibility index (Phi) is 6.80. The third-order valence-electron chi connectivity index (χ3n) is 6.97. The first kappa shape index (κ1) is 22.7. The normalized spacial score (nSPS) is 20.9. The minimum absolute atomic E-state index is 0.0492. The summed E-state index contributed by atoms with van der Waals surface area (Å²) < 4.78 is 20.3. The first-order valence-corrected chi connectivity index (χ1v) is 11.5. The lowest BCUT2D eigenvalue weighted by Gasteiger charge is -2.42. The zero-order chi connectivity index (χ0) is 22.7. The molecule has 0 aromatic heterocycles. The van der Waals surface area contributed by atoms with Gasteiger partial charge in [-0.2, -0.15) is 5.26 Å². The third kappa shape index (κ3) is 4.80. The number of halogens is 1. The van der Waals surface area contributed by atoms with Crippen LogP contribution in [0.15, 0.2) is 36.4 Å². The molecule has 2 aliphatic rings. The number of anilines is 1. The molecule has 0 spiro atoms. The number of aliphatic hydroxyl groups is 1. The molecule has 2 aromatic rings. The monoisotopic (exact) mass is 437 g/mol. The maximum absolute atomic E-state index is 14.5. The zero-order valence-corrected chi connectivity index (χ0v) is 18.9. The van der Waals surface area contributed by atoms with Crippen LogP contribution >= 0.6 is 0 Å². The molecule has 2 aromatic carbocycles. The topological polar surface area (TPSA) is 68.5 Å². The molecule has 2 aliphatic heterocycles. The molecule has 170 valence electrons.